The van der Waals surface area contributed by atoms with Crippen LogP contribution in [0.2, 0.25) is 0 Å². The van der Waals surface area contributed by atoms with Crippen molar-refractivity contribution in [3.63, 3.8) is 0 Å². The van der Waals surface area contributed by atoms with Gasteiger partial charge in [-0.1, -0.05) is 6.42 Å². The summed E-state index contributed by atoms with van der Waals surface area (Å²) in [5.41, 5.74) is 0. The fourth-order valence-electron chi connectivity index (χ4n) is 1.44. The van der Waals surface area contributed by atoms with E-state index in [1.54, 1.807) is 0 Å². The predicted molar refractivity (Wildman–Crippen MR) is 55.0 cm³/mol. The van der Waals surface area contributed by atoms with Gasteiger partial charge in [0.05, 0.1) is 0 Å². The smallest absolute Gasteiger partial charge is 0.342 e. The third kappa shape index (κ3) is 3.47. The van der Waals surface area contributed by atoms with E-state index in [2.05, 4.69) is 4.89 Å². The van der Waals surface area contributed by atoms with E-state index in [0.717, 1.165) is 6.42 Å². The molecule has 0 spiro atoms. The van der Waals surface area contributed by atoms with Gasteiger partial charge in [0.25, 0.3) is 0 Å². The first-order valence-corrected chi connectivity index (χ1v) is 5.07. The average Bonchev–Trinajstić information content (AvgIpc) is 2.59. The van der Waals surface area contributed by atoms with E-state index in [-0.39, 0.29) is 18.2 Å². The van der Waals surface area contributed by atoms with E-state index in [4.69, 9.17) is 5.26 Å². The number of rotatable bonds is 6. The van der Waals surface area contributed by atoms with Gasteiger partial charge in [-0.15, -0.1) is 0 Å². The molecule has 0 aliphatic rings. The highest BCUT2D eigenvalue weighted by Gasteiger charge is 2.05. The van der Waals surface area contributed by atoms with Crippen LogP contribution in [0.15, 0.2) is 12.1 Å². The number of hydrogen-bond donors (Lipinski definition) is 3. The molecule has 6 heteroatoms. The number of aromatic nitrogens is 1. The summed E-state index contributed by atoms with van der Waals surface area (Å²) in [6, 6.07) is 2.83. The molecule has 0 bridgehead atoms. The van der Waals surface area contributed by atoms with Gasteiger partial charge in [-0.2, -0.15) is 5.26 Å². The first kappa shape index (κ1) is 12.4. The summed E-state index contributed by atoms with van der Waals surface area (Å²) in [6.07, 6.45) is 2.23. The van der Waals surface area contributed by atoms with Crippen LogP contribution in [0.3, 0.4) is 0 Å². The second-order valence-electron chi connectivity index (χ2n) is 3.48. The van der Waals surface area contributed by atoms with Gasteiger partial charge < -0.3 is 15.1 Å². The van der Waals surface area contributed by atoms with E-state index < -0.39 is 5.97 Å². The minimum Gasteiger partial charge on any atom is -0.494 e. The minimum absolute atomic E-state index is 0.0206. The van der Waals surface area contributed by atoms with Crippen molar-refractivity contribution in [3.8, 4) is 11.8 Å². The summed E-state index contributed by atoms with van der Waals surface area (Å²) in [5, 5.41) is 26.6. The fraction of sp³-hybridized carbons (Fsp3) is 0.500. The Morgan fingerprint density at radius 3 is 2.38 bits per heavy atom. The van der Waals surface area contributed by atoms with Crippen LogP contribution in [-0.4, -0.2) is 26.0 Å². The minimum atomic E-state index is -0.647. The number of carbonyl (C=O) groups excluding carboxylic acids is 1. The molecule has 0 amide bonds. The summed E-state index contributed by atoms with van der Waals surface area (Å²) in [4.78, 5) is 14.1. The van der Waals surface area contributed by atoms with Crippen LogP contribution in [0, 0.1) is 0 Å². The Bertz CT molecular complexity index is 327. The van der Waals surface area contributed by atoms with Crippen LogP contribution < -0.4 is 0 Å². The maximum Gasteiger partial charge on any atom is 0.342 e. The highest BCUT2D eigenvalue weighted by atomic mass is 17.1. The van der Waals surface area contributed by atoms with E-state index in [1.807, 2.05) is 0 Å². The molecule has 0 atom stereocenters. The molecule has 16 heavy (non-hydrogen) atoms. The van der Waals surface area contributed by atoms with Crippen molar-refractivity contribution in [2.75, 3.05) is 0 Å². The largest absolute Gasteiger partial charge is 0.494 e. The van der Waals surface area contributed by atoms with Gasteiger partial charge in [0.15, 0.2) is 11.8 Å². The molecule has 0 saturated carbocycles. The Kier molecular flexibility index (Phi) is 4.65. The Morgan fingerprint density at radius 1 is 1.19 bits per heavy atom. The lowest BCUT2D eigenvalue weighted by Crippen LogP contribution is -2.01. The average molecular weight is 229 g/mol. The van der Waals surface area contributed by atoms with Gasteiger partial charge in [-0.25, -0.2) is 4.79 Å². The summed E-state index contributed by atoms with van der Waals surface area (Å²) in [7, 11) is 0. The van der Waals surface area contributed by atoms with E-state index in [1.165, 1.54) is 16.7 Å². The van der Waals surface area contributed by atoms with Crippen LogP contribution >= 0.6 is 0 Å². The number of nitrogens with zero attached hydrogens (tertiary/aromatic N) is 1. The molecule has 1 rings (SSSR count). The molecule has 0 aliphatic carbocycles. The van der Waals surface area contributed by atoms with Crippen LogP contribution in [-0.2, 0) is 16.2 Å². The SMILES string of the molecule is O=C(CCCCCn1c(O)ccc1O)OO. The zero-order valence-corrected chi connectivity index (χ0v) is 8.80. The molecule has 6 nitrogen and oxygen atoms in total. The van der Waals surface area contributed by atoms with Crippen molar-refractivity contribution in [2.45, 2.75) is 32.2 Å². The van der Waals surface area contributed by atoms with Gasteiger partial charge in [-0.05, 0) is 12.8 Å². The topological polar surface area (TPSA) is 91.9 Å². The maximum absolute atomic E-state index is 10.6. The van der Waals surface area contributed by atoms with Crippen molar-refractivity contribution in [2.24, 2.45) is 0 Å². The molecule has 90 valence electrons. The van der Waals surface area contributed by atoms with Crippen molar-refractivity contribution in [1.29, 1.82) is 0 Å². The molecule has 3 N–H and O–H groups in total. The molecule has 1 heterocycles. The molecule has 0 saturated heterocycles. The predicted octanol–water partition coefficient (Wildman–Crippen LogP) is 1.48. The summed E-state index contributed by atoms with van der Waals surface area (Å²) >= 11 is 0. The van der Waals surface area contributed by atoms with Crippen LogP contribution in [0.4, 0.5) is 0 Å². The number of carbonyl (C=O) groups is 1. The first-order valence-electron chi connectivity index (χ1n) is 5.07. The van der Waals surface area contributed by atoms with Crippen LogP contribution in [0.25, 0.3) is 0 Å². The molecule has 1 aromatic rings. The van der Waals surface area contributed by atoms with Crippen molar-refractivity contribution in [3.05, 3.63) is 12.1 Å². The lowest BCUT2D eigenvalue weighted by molar-refractivity contribution is -0.234. The quantitative estimate of drug-likeness (QED) is 0.390. The lowest BCUT2D eigenvalue weighted by Gasteiger charge is -2.05. The Hall–Kier alpha value is -1.69. The maximum atomic E-state index is 10.6. The van der Waals surface area contributed by atoms with E-state index >= 15 is 0 Å². The van der Waals surface area contributed by atoms with Crippen molar-refractivity contribution in [1.82, 2.24) is 4.57 Å². The molecule has 0 fully saturated rings. The third-order valence-corrected chi connectivity index (χ3v) is 2.30. The third-order valence-electron chi connectivity index (χ3n) is 2.30. The summed E-state index contributed by atoms with van der Waals surface area (Å²) in [5.74, 6) is -0.605. The lowest BCUT2D eigenvalue weighted by atomic mass is 10.2. The normalized spacial score (nSPS) is 10.3. The van der Waals surface area contributed by atoms with E-state index in [9.17, 15) is 15.0 Å². The van der Waals surface area contributed by atoms with E-state index in [0.29, 0.717) is 19.4 Å². The molecular formula is C10H15NO5. The second kappa shape index (κ2) is 6.02. The molecular weight excluding hydrogens is 214 g/mol. The van der Waals surface area contributed by atoms with Gasteiger partial charge in [0.1, 0.15) is 0 Å². The van der Waals surface area contributed by atoms with Gasteiger partial charge in [0, 0.05) is 25.1 Å². The van der Waals surface area contributed by atoms with Crippen molar-refractivity contribution >= 4 is 5.97 Å². The molecule has 0 radical (unpaired) electrons. The Balaban J connectivity index is 2.19. The standard InChI is InChI=1S/C10H15NO5/c12-8-5-6-9(13)11(8)7-3-1-2-4-10(14)16-15/h5-6,12-13,15H,1-4,7H2. The number of hydrogen-bond acceptors (Lipinski definition) is 5. The second-order valence-corrected chi connectivity index (χ2v) is 3.48. The van der Waals surface area contributed by atoms with Crippen LogP contribution in [0.1, 0.15) is 25.7 Å². The Labute approximate surface area is 92.6 Å². The fourth-order valence-corrected chi connectivity index (χ4v) is 1.44. The highest BCUT2D eigenvalue weighted by molar-refractivity contribution is 5.68. The van der Waals surface area contributed by atoms with Crippen molar-refractivity contribution < 1.29 is 25.2 Å². The first-order chi connectivity index (χ1) is 7.65. The summed E-state index contributed by atoms with van der Waals surface area (Å²) < 4.78 is 1.38. The number of aromatic hydroxyl groups is 2. The molecule has 0 unspecified atom stereocenters. The molecule has 1 aromatic heterocycles. The molecule has 0 aliphatic heterocycles. The zero-order chi connectivity index (χ0) is 12.0. The van der Waals surface area contributed by atoms with Gasteiger partial charge in [0.2, 0.25) is 0 Å². The zero-order valence-electron chi connectivity index (χ0n) is 8.80. The molecule has 0 aromatic carbocycles. The summed E-state index contributed by atoms with van der Waals surface area (Å²) in [6.45, 7) is 0.485. The van der Waals surface area contributed by atoms with Crippen LogP contribution in [0.5, 0.6) is 11.8 Å². The monoisotopic (exact) mass is 229 g/mol. The van der Waals surface area contributed by atoms with Gasteiger partial charge >= 0.3 is 5.97 Å². The highest BCUT2D eigenvalue weighted by Crippen LogP contribution is 2.21. The van der Waals surface area contributed by atoms with Gasteiger partial charge in [-0.3, -0.25) is 4.57 Å². The Morgan fingerprint density at radius 2 is 1.81 bits per heavy atom. The number of unbranched alkanes of at least 4 members (excludes halogenated alkanes) is 2.